The number of ether oxygens (including phenoxy) is 1. The number of rotatable bonds is 3. The molecule has 2 aromatic rings. The van der Waals surface area contributed by atoms with Crippen LogP contribution in [0, 0.1) is 0 Å². The van der Waals surface area contributed by atoms with Gasteiger partial charge in [-0.05, 0) is 56.4 Å². The van der Waals surface area contributed by atoms with E-state index in [-0.39, 0.29) is 29.7 Å². The fourth-order valence-corrected chi connectivity index (χ4v) is 7.18. The number of amides is 1. The molecule has 1 aliphatic carbocycles. The molecule has 184 valence electrons. The first kappa shape index (κ1) is 24.7. The van der Waals surface area contributed by atoms with Crippen molar-refractivity contribution in [1.29, 1.82) is 0 Å². The first-order valence-electron chi connectivity index (χ1n) is 11.5. The van der Waals surface area contributed by atoms with E-state index in [1.54, 1.807) is 49.4 Å². The van der Waals surface area contributed by atoms with Crippen molar-refractivity contribution in [2.75, 3.05) is 12.4 Å². The van der Waals surface area contributed by atoms with Crippen LogP contribution in [-0.4, -0.2) is 52.4 Å². The van der Waals surface area contributed by atoms with Gasteiger partial charge in [-0.2, -0.15) is 0 Å². The molecular formula is C24H30N2O6S2. The zero-order chi connectivity index (χ0) is 24.3. The highest BCUT2D eigenvalue weighted by molar-refractivity contribution is 7.91. The minimum atomic E-state index is -3.60. The van der Waals surface area contributed by atoms with E-state index in [0.29, 0.717) is 37.0 Å². The van der Waals surface area contributed by atoms with Gasteiger partial charge in [0.2, 0.25) is 15.9 Å². The number of fused-ring (bicyclic) bond motifs is 4. The van der Waals surface area contributed by atoms with Crippen molar-refractivity contribution in [3.63, 3.8) is 0 Å². The number of carbonyl (C=O) groups excluding carboxylic acids is 1. The summed E-state index contributed by atoms with van der Waals surface area (Å²) in [4.78, 5) is 13.1. The Labute approximate surface area is 201 Å². The number of sulfonamides is 1. The van der Waals surface area contributed by atoms with Crippen LogP contribution in [0.3, 0.4) is 0 Å². The Hall–Kier alpha value is -2.43. The Morgan fingerprint density at radius 3 is 2.56 bits per heavy atom. The average molecular weight is 507 g/mol. The van der Waals surface area contributed by atoms with E-state index in [1.807, 2.05) is 6.07 Å². The Bertz CT molecular complexity index is 1260. The van der Waals surface area contributed by atoms with Crippen LogP contribution in [0.4, 0.5) is 0 Å². The van der Waals surface area contributed by atoms with Gasteiger partial charge >= 0.3 is 0 Å². The molecule has 8 nitrogen and oxygen atoms in total. The highest BCUT2D eigenvalue weighted by Crippen LogP contribution is 2.31. The topological polar surface area (TPSA) is 119 Å². The van der Waals surface area contributed by atoms with Crippen LogP contribution in [0.15, 0.2) is 53.4 Å². The molecule has 1 aliphatic heterocycles. The van der Waals surface area contributed by atoms with Gasteiger partial charge < -0.3 is 10.1 Å². The smallest absolute Gasteiger partial charge is 0.238 e. The van der Waals surface area contributed by atoms with E-state index in [0.717, 1.165) is 5.56 Å². The first-order chi connectivity index (χ1) is 16.2. The third kappa shape index (κ3) is 5.97. The largest absolute Gasteiger partial charge is 0.491 e. The number of sulfone groups is 1. The molecule has 1 saturated carbocycles. The maximum absolute atomic E-state index is 13.2. The molecule has 4 rings (SSSR count). The molecule has 0 saturated heterocycles. The highest BCUT2D eigenvalue weighted by atomic mass is 32.2. The van der Waals surface area contributed by atoms with Crippen molar-refractivity contribution >= 4 is 25.8 Å². The summed E-state index contributed by atoms with van der Waals surface area (Å²) < 4.78 is 59.7. The molecule has 2 N–H and O–H groups in total. The molecular weight excluding hydrogens is 476 g/mol. The number of benzene rings is 2. The summed E-state index contributed by atoms with van der Waals surface area (Å²) >= 11 is 0. The van der Waals surface area contributed by atoms with Gasteiger partial charge in [-0.3, -0.25) is 4.79 Å². The maximum Gasteiger partial charge on any atom is 0.238 e. The Balaban J connectivity index is 1.62. The summed E-state index contributed by atoms with van der Waals surface area (Å²) in [6.07, 6.45) is 2.08. The van der Waals surface area contributed by atoms with Crippen molar-refractivity contribution in [2.24, 2.45) is 0 Å². The standard InChI is InChI=1S/C24H30N2O6S2/c1-17-16-32-19-8-6-7-18(15-19)21-9-2-3-11-23(21)33(28,29)14-5-4-10-22(24(27)25-17)26-34(30,31)20-12-13-20/h2-3,6-9,11,15,17,20,22,26H,4-5,10,12-14,16H2,1H3,(H,25,27)/t17-,22+/m1/s1. The summed E-state index contributed by atoms with van der Waals surface area (Å²) in [6.45, 7) is 1.97. The fourth-order valence-electron chi connectivity index (χ4n) is 4.00. The summed E-state index contributed by atoms with van der Waals surface area (Å²) in [5, 5.41) is 2.37. The number of carbonyl (C=O) groups is 1. The fraction of sp³-hybridized carbons (Fsp3) is 0.458. The third-order valence-corrected chi connectivity index (χ3v) is 9.81. The molecule has 1 amide bonds. The van der Waals surface area contributed by atoms with Gasteiger partial charge in [0.1, 0.15) is 18.4 Å². The second-order valence-electron chi connectivity index (χ2n) is 8.97. The van der Waals surface area contributed by atoms with Gasteiger partial charge in [-0.15, -0.1) is 0 Å². The molecule has 2 aliphatic rings. The van der Waals surface area contributed by atoms with Crippen molar-refractivity contribution < 1.29 is 26.4 Å². The Kier molecular flexibility index (Phi) is 7.30. The lowest BCUT2D eigenvalue weighted by molar-refractivity contribution is -0.123. The van der Waals surface area contributed by atoms with E-state index in [4.69, 9.17) is 4.74 Å². The molecule has 2 aromatic carbocycles. The van der Waals surface area contributed by atoms with Crippen LogP contribution < -0.4 is 14.8 Å². The molecule has 0 spiro atoms. The van der Waals surface area contributed by atoms with Crippen molar-refractivity contribution in [2.45, 2.75) is 61.3 Å². The van der Waals surface area contributed by atoms with Crippen LogP contribution >= 0.6 is 0 Å². The molecule has 0 radical (unpaired) electrons. The molecule has 2 bridgehead atoms. The second-order valence-corrected chi connectivity index (χ2v) is 13.0. The Morgan fingerprint density at radius 2 is 1.79 bits per heavy atom. The average Bonchev–Trinajstić information content (AvgIpc) is 3.66. The van der Waals surface area contributed by atoms with E-state index < -0.39 is 37.1 Å². The predicted octanol–water partition coefficient (Wildman–Crippen LogP) is 2.65. The number of hydrogen-bond donors (Lipinski definition) is 2. The van der Waals surface area contributed by atoms with Gasteiger partial charge in [0, 0.05) is 5.56 Å². The lowest BCUT2D eigenvalue weighted by Crippen LogP contribution is -2.50. The lowest BCUT2D eigenvalue weighted by Gasteiger charge is -2.22. The maximum atomic E-state index is 13.2. The van der Waals surface area contributed by atoms with E-state index in [9.17, 15) is 21.6 Å². The number of nitrogens with one attached hydrogen (secondary N) is 2. The molecule has 10 heteroatoms. The predicted molar refractivity (Wildman–Crippen MR) is 130 cm³/mol. The van der Waals surface area contributed by atoms with E-state index in [2.05, 4.69) is 10.0 Å². The van der Waals surface area contributed by atoms with Crippen LogP contribution in [0.1, 0.15) is 39.0 Å². The van der Waals surface area contributed by atoms with Crippen LogP contribution in [0.25, 0.3) is 11.1 Å². The van der Waals surface area contributed by atoms with E-state index >= 15 is 0 Å². The first-order valence-corrected chi connectivity index (χ1v) is 14.7. The molecule has 0 aromatic heterocycles. The molecule has 1 heterocycles. The van der Waals surface area contributed by atoms with Crippen LogP contribution in [0.5, 0.6) is 5.75 Å². The Morgan fingerprint density at radius 1 is 1.03 bits per heavy atom. The van der Waals surface area contributed by atoms with Gasteiger partial charge in [0.15, 0.2) is 9.84 Å². The molecule has 34 heavy (non-hydrogen) atoms. The van der Waals surface area contributed by atoms with Crippen molar-refractivity contribution in [3.05, 3.63) is 48.5 Å². The minimum absolute atomic E-state index is 0.0969. The van der Waals surface area contributed by atoms with Crippen LogP contribution in [-0.2, 0) is 24.7 Å². The van der Waals surface area contributed by atoms with Gasteiger partial charge in [0.25, 0.3) is 0 Å². The monoisotopic (exact) mass is 506 g/mol. The molecule has 2 atom stereocenters. The third-order valence-electron chi connectivity index (χ3n) is 6.00. The summed E-state index contributed by atoms with van der Waals surface area (Å²) in [6, 6.07) is 12.7. The summed E-state index contributed by atoms with van der Waals surface area (Å²) in [5.74, 6) is 0.0126. The summed E-state index contributed by atoms with van der Waals surface area (Å²) in [5.41, 5.74) is 1.34. The van der Waals surface area contributed by atoms with Gasteiger partial charge in [0.05, 0.1) is 21.9 Å². The van der Waals surface area contributed by atoms with Gasteiger partial charge in [-0.25, -0.2) is 21.6 Å². The SMILES string of the molecule is C[C@@H]1COc2cccc(c2)-c2ccccc2S(=O)(=O)CCCC[C@H](NS(=O)(=O)C2CC2)C(=O)N1. The minimum Gasteiger partial charge on any atom is -0.491 e. The van der Waals surface area contributed by atoms with Crippen molar-refractivity contribution in [1.82, 2.24) is 10.0 Å². The van der Waals surface area contributed by atoms with E-state index in [1.165, 1.54) is 0 Å². The van der Waals surface area contributed by atoms with Crippen LogP contribution in [0.2, 0.25) is 0 Å². The van der Waals surface area contributed by atoms with Gasteiger partial charge in [-0.1, -0.05) is 36.8 Å². The summed E-state index contributed by atoms with van der Waals surface area (Å²) in [7, 11) is -7.18. The highest BCUT2D eigenvalue weighted by Gasteiger charge is 2.38. The zero-order valence-corrected chi connectivity index (χ0v) is 20.7. The normalized spacial score (nSPS) is 23.9. The van der Waals surface area contributed by atoms with Crippen molar-refractivity contribution in [3.8, 4) is 16.9 Å². The zero-order valence-electron chi connectivity index (χ0n) is 19.1. The second kappa shape index (κ2) is 10.1. The number of hydrogen-bond acceptors (Lipinski definition) is 6. The molecule has 1 fully saturated rings. The lowest BCUT2D eigenvalue weighted by atomic mass is 10.1. The quantitative estimate of drug-likeness (QED) is 0.661. The molecule has 0 unspecified atom stereocenters.